The average molecular weight is 276 g/mol. The Morgan fingerprint density at radius 1 is 1.16 bits per heavy atom. The van der Waals surface area contributed by atoms with Crippen molar-refractivity contribution >= 4 is 17.6 Å². The van der Waals surface area contributed by atoms with Crippen molar-refractivity contribution in [3.05, 3.63) is 45.6 Å². The molecule has 0 spiro atoms. The monoisotopic (exact) mass is 276 g/mol. The molecule has 0 fully saturated rings. The number of benzene rings is 1. The van der Waals surface area contributed by atoms with Gasteiger partial charge in [0.1, 0.15) is 12.9 Å². The van der Waals surface area contributed by atoms with E-state index in [-0.39, 0.29) is 0 Å². The van der Waals surface area contributed by atoms with Crippen LogP contribution in [0.15, 0.2) is 30.3 Å². The number of hydrogen-bond donors (Lipinski definition) is 0. The van der Waals surface area contributed by atoms with Crippen LogP contribution in [-0.2, 0) is 13.0 Å². The maximum absolute atomic E-state index is 10.7. The molecule has 0 unspecified atom stereocenters. The zero-order valence-electron chi connectivity index (χ0n) is 11.0. The largest absolute Gasteiger partial charge is 0.493 e. The summed E-state index contributed by atoms with van der Waals surface area (Å²) in [5.74, 6) is 1.23. The molecule has 0 saturated carbocycles. The molecule has 0 aliphatic carbocycles. The number of rotatable bonds is 6. The normalized spacial score (nSPS) is 10.2. The number of ether oxygens (including phenoxy) is 2. The molecule has 0 amide bonds. The van der Waals surface area contributed by atoms with E-state index in [1.54, 1.807) is 36.6 Å². The summed E-state index contributed by atoms with van der Waals surface area (Å²) in [6.45, 7) is 2.65. The summed E-state index contributed by atoms with van der Waals surface area (Å²) in [6.07, 6.45) is 1.83. The first kappa shape index (κ1) is 13.6. The third-order valence-corrected chi connectivity index (χ3v) is 3.96. The number of aldehydes is 1. The molecule has 4 heteroatoms. The summed E-state index contributed by atoms with van der Waals surface area (Å²) in [7, 11) is 1.57. The Bertz CT molecular complexity index is 560. The van der Waals surface area contributed by atoms with Gasteiger partial charge in [0.2, 0.25) is 0 Å². The second kappa shape index (κ2) is 6.38. The average Bonchev–Trinajstić information content (AvgIpc) is 2.92. The SMILES string of the molecule is CCc1ccc(COc2ccc(C=O)cc2OC)s1. The Labute approximate surface area is 116 Å². The van der Waals surface area contributed by atoms with E-state index in [9.17, 15) is 4.79 Å². The van der Waals surface area contributed by atoms with E-state index in [1.165, 1.54) is 9.75 Å². The summed E-state index contributed by atoms with van der Waals surface area (Å²) in [5.41, 5.74) is 0.577. The first-order chi connectivity index (χ1) is 9.26. The molecule has 0 N–H and O–H groups in total. The van der Waals surface area contributed by atoms with Gasteiger partial charge in [0, 0.05) is 15.3 Å². The second-order valence-corrected chi connectivity index (χ2v) is 5.29. The summed E-state index contributed by atoms with van der Waals surface area (Å²) < 4.78 is 11.0. The third kappa shape index (κ3) is 3.35. The molecule has 0 aliphatic rings. The van der Waals surface area contributed by atoms with Crippen LogP contribution in [0.2, 0.25) is 0 Å². The van der Waals surface area contributed by atoms with Crippen LogP contribution in [0, 0.1) is 0 Å². The highest BCUT2D eigenvalue weighted by Crippen LogP contribution is 2.29. The van der Waals surface area contributed by atoms with E-state index in [1.807, 2.05) is 0 Å². The van der Waals surface area contributed by atoms with Gasteiger partial charge >= 0.3 is 0 Å². The topological polar surface area (TPSA) is 35.5 Å². The summed E-state index contributed by atoms with van der Waals surface area (Å²) in [5, 5.41) is 0. The number of carbonyl (C=O) groups excluding carboxylic acids is 1. The van der Waals surface area contributed by atoms with E-state index in [0.717, 1.165) is 12.7 Å². The van der Waals surface area contributed by atoms with Crippen LogP contribution >= 0.6 is 11.3 Å². The maximum Gasteiger partial charge on any atom is 0.161 e. The Hall–Kier alpha value is -1.81. The summed E-state index contributed by atoms with van der Waals surface area (Å²) in [6, 6.07) is 9.35. The van der Waals surface area contributed by atoms with E-state index in [0.29, 0.717) is 23.7 Å². The zero-order chi connectivity index (χ0) is 13.7. The lowest BCUT2D eigenvalue weighted by molar-refractivity contribution is 0.112. The lowest BCUT2D eigenvalue weighted by Crippen LogP contribution is -1.96. The predicted molar refractivity (Wildman–Crippen MR) is 76.4 cm³/mol. The molecule has 3 nitrogen and oxygen atoms in total. The van der Waals surface area contributed by atoms with E-state index in [2.05, 4.69) is 19.1 Å². The smallest absolute Gasteiger partial charge is 0.161 e. The van der Waals surface area contributed by atoms with Crippen LogP contribution in [0.5, 0.6) is 11.5 Å². The first-order valence-corrected chi connectivity index (χ1v) is 6.92. The second-order valence-electron chi connectivity index (χ2n) is 4.04. The molecule has 0 radical (unpaired) electrons. The number of aryl methyl sites for hydroxylation is 1. The molecule has 2 rings (SSSR count). The molecule has 0 saturated heterocycles. The van der Waals surface area contributed by atoms with Crippen molar-refractivity contribution in [2.45, 2.75) is 20.0 Å². The standard InChI is InChI=1S/C15H16O3S/c1-3-12-5-6-13(19-12)10-18-14-7-4-11(9-16)8-15(14)17-2/h4-9H,3,10H2,1-2H3. The van der Waals surface area contributed by atoms with Crippen LogP contribution in [0.1, 0.15) is 27.0 Å². The van der Waals surface area contributed by atoms with Crippen molar-refractivity contribution in [1.82, 2.24) is 0 Å². The fraction of sp³-hybridized carbons (Fsp3) is 0.267. The highest BCUT2D eigenvalue weighted by atomic mass is 32.1. The number of thiophene rings is 1. The molecule has 1 heterocycles. The van der Waals surface area contributed by atoms with Gasteiger partial charge in [0.25, 0.3) is 0 Å². The van der Waals surface area contributed by atoms with Gasteiger partial charge < -0.3 is 9.47 Å². The first-order valence-electron chi connectivity index (χ1n) is 6.10. The van der Waals surface area contributed by atoms with Crippen LogP contribution in [-0.4, -0.2) is 13.4 Å². The van der Waals surface area contributed by atoms with E-state index < -0.39 is 0 Å². The van der Waals surface area contributed by atoms with Crippen LogP contribution in [0.25, 0.3) is 0 Å². The molecule has 1 aromatic carbocycles. The van der Waals surface area contributed by atoms with Gasteiger partial charge in [0.15, 0.2) is 11.5 Å². The van der Waals surface area contributed by atoms with Gasteiger partial charge in [0.05, 0.1) is 7.11 Å². The minimum Gasteiger partial charge on any atom is -0.493 e. The number of hydrogen-bond acceptors (Lipinski definition) is 4. The lowest BCUT2D eigenvalue weighted by Gasteiger charge is -2.10. The van der Waals surface area contributed by atoms with Gasteiger partial charge in [-0.2, -0.15) is 0 Å². The molecule has 1 aromatic heterocycles. The quantitative estimate of drug-likeness (QED) is 0.754. The Kier molecular flexibility index (Phi) is 4.58. The summed E-state index contributed by atoms with van der Waals surface area (Å²) in [4.78, 5) is 13.2. The summed E-state index contributed by atoms with van der Waals surface area (Å²) >= 11 is 1.75. The molecule has 0 atom stereocenters. The van der Waals surface area contributed by atoms with Gasteiger partial charge in [-0.3, -0.25) is 4.79 Å². The molecular formula is C15H16O3S. The fourth-order valence-electron chi connectivity index (χ4n) is 1.72. The third-order valence-electron chi connectivity index (χ3n) is 2.76. The highest BCUT2D eigenvalue weighted by Gasteiger charge is 2.07. The Morgan fingerprint density at radius 3 is 2.58 bits per heavy atom. The lowest BCUT2D eigenvalue weighted by atomic mass is 10.2. The van der Waals surface area contributed by atoms with Gasteiger partial charge in [-0.25, -0.2) is 0 Å². The van der Waals surface area contributed by atoms with Crippen molar-refractivity contribution < 1.29 is 14.3 Å². The molecular weight excluding hydrogens is 260 g/mol. The van der Waals surface area contributed by atoms with Gasteiger partial charge in [-0.15, -0.1) is 11.3 Å². The minimum atomic E-state index is 0.515. The fourth-order valence-corrected chi connectivity index (χ4v) is 2.59. The van der Waals surface area contributed by atoms with Crippen LogP contribution < -0.4 is 9.47 Å². The highest BCUT2D eigenvalue weighted by molar-refractivity contribution is 7.11. The van der Waals surface area contributed by atoms with Crippen molar-refractivity contribution in [3.8, 4) is 11.5 Å². The van der Waals surface area contributed by atoms with Crippen LogP contribution in [0.4, 0.5) is 0 Å². The number of carbonyl (C=O) groups is 1. The van der Waals surface area contributed by atoms with Crippen molar-refractivity contribution in [2.75, 3.05) is 7.11 Å². The van der Waals surface area contributed by atoms with E-state index in [4.69, 9.17) is 9.47 Å². The number of methoxy groups -OCH3 is 1. The molecule has 2 aromatic rings. The molecule has 0 aliphatic heterocycles. The van der Waals surface area contributed by atoms with Crippen molar-refractivity contribution in [1.29, 1.82) is 0 Å². The van der Waals surface area contributed by atoms with E-state index >= 15 is 0 Å². The van der Waals surface area contributed by atoms with Gasteiger partial charge in [-0.1, -0.05) is 6.92 Å². The molecule has 19 heavy (non-hydrogen) atoms. The van der Waals surface area contributed by atoms with Crippen molar-refractivity contribution in [3.63, 3.8) is 0 Å². The maximum atomic E-state index is 10.7. The van der Waals surface area contributed by atoms with Crippen molar-refractivity contribution in [2.24, 2.45) is 0 Å². The minimum absolute atomic E-state index is 0.515. The Morgan fingerprint density at radius 2 is 1.95 bits per heavy atom. The van der Waals surface area contributed by atoms with Gasteiger partial charge in [-0.05, 0) is 36.8 Å². The predicted octanol–water partition coefficient (Wildman–Crippen LogP) is 3.71. The van der Waals surface area contributed by atoms with Crippen LogP contribution in [0.3, 0.4) is 0 Å². The molecule has 100 valence electrons. The molecule has 0 bridgehead atoms. The zero-order valence-corrected chi connectivity index (χ0v) is 11.8. The Balaban J connectivity index is 2.08.